The summed E-state index contributed by atoms with van der Waals surface area (Å²) in [6.45, 7) is 0. The van der Waals surface area contributed by atoms with Crippen LogP contribution in [0.4, 0.5) is 13.2 Å². The molecule has 6 rings (SSSR count). The van der Waals surface area contributed by atoms with E-state index < -0.39 is 35.2 Å². The molecule has 1 N–H and O–H groups in total. The minimum atomic E-state index is -5.03. The first-order valence-corrected chi connectivity index (χ1v) is 11.2. The number of carbonyl (C=O) groups excluding carboxylic acids is 2. The SMILES string of the molecule is N#CC1CC2CC2N1C(=O)C(NP)C12CC3CC(CC(OC(=O)C(F)(F)F)(C3)C1)C2. The van der Waals surface area contributed by atoms with E-state index in [4.69, 9.17) is 4.74 Å². The highest BCUT2D eigenvalue weighted by Gasteiger charge is 2.65. The first kappa shape index (κ1) is 20.5. The van der Waals surface area contributed by atoms with Crippen LogP contribution in [0.1, 0.15) is 51.4 Å². The average Bonchev–Trinajstić information content (AvgIpc) is 3.29. The van der Waals surface area contributed by atoms with Gasteiger partial charge in [-0.15, -0.1) is 0 Å². The molecule has 0 spiro atoms. The number of hydrogen-bond acceptors (Lipinski definition) is 5. The Bertz CT molecular complexity index is 814. The summed E-state index contributed by atoms with van der Waals surface area (Å²) in [6, 6.07) is 1.29. The number of carbonyl (C=O) groups is 2. The molecule has 1 amide bonds. The van der Waals surface area contributed by atoms with Gasteiger partial charge in [0.1, 0.15) is 11.6 Å². The van der Waals surface area contributed by atoms with Gasteiger partial charge in [-0.05, 0) is 74.5 Å². The molecule has 6 aliphatic rings. The molecule has 4 bridgehead atoms. The molecule has 6 nitrogen and oxygen atoms in total. The topological polar surface area (TPSA) is 82.4 Å². The van der Waals surface area contributed by atoms with E-state index in [1.807, 2.05) is 0 Å². The highest BCUT2D eigenvalue weighted by Crippen LogP contribution is 2.64. The maximum Gasteiger partial charge on any atom is 0.490 e. The Morgan fingerprint density at radius 2 is 1.83 bits per heavy atom. The van der Waals surface area contributed by atoms with Gasteiger partial charge in [-0.2, -0.15) is 18.4 Å². The van der Waals surface area contributed by atoms with Crippen LogP contribution in [0.15, 0.2) is 0 Å². The van der Waals surface area contributed by atoms with Crippen molar-refractivity contribution in [1.82, 2.24) is 9.99 Å². The normalized spacial score (nSPS) is 44.4. The van der Waals surface area contributed by atoms with E-state index in [-0.39, 0.29) is 30.2 Å². The molecule has 1 aliphatic heterocycles. The zero-order valence-corrected chi connectivity index (χ0v) is 17.6. The minimum Gasteiger partial charge on any atom is -0.452 e. The highest BCUT2D eigenvalue weighted by molar-refractivity contribution is 7.13. The molecule has 7 unspecified atom stereocenters. The highest BCUT2D eigenvalue weighted by atomic mass is 31.0. The Balaban J connectivity index is 1.43. The van der Waals surface area contributed by atoms with Crippen LogP contribution >= 0.6 is 9.39 Å². The summed E-state index contributed by atoms with van der Waals surface area (Å²) in [6.07, 6.45) is 0.0609. The summed E-state index contributed by atoms with van der Waals surface area (Å²) in [5, 5.41) is 12.6. The van der Waals surface area contributed by atoms with Gasteiger partial charge >= 0.3 is 12.1 Å². The van der Waals surface area contributed by atoms with Crippen LogP contribution in [0.25, 0.3) is 0 Å². The molecule has 0 aromatic rings. The number of amides is 1. The number of halogens is 3. The van der Waals surface area contributed by atoms with Crippen molar-refractivity contribution < 1.29 is 27.5 Å². The lowest BCUT2D eigenvalue weighted by atomic mass is 9.46. The number of hydrogen-bond donors (Lipinski definition) is 1. The van der Waals surface area contributed by atoms with Crippen molar-refractivity contribution in [3.8, 4) is 6.07 Å². The quantitative estimate of drug-likeness (QED) is 0.534. The van der Waals surface area contributed by atoms with Crippen LogP contribution in [0, 0.1) is 34.5 Å². The second kappa shape index (κ2) is 6.56. The van der Waals surface area contributed by atoms with Crippen molar-refractivity contribution in [2.24, 2.45) is 23.2 Å². The number of likely N-dealkylation sites (tertiary alicyclic amines) is 1. The summed E-state index contributed by atoms with van der Waals surface area (Å²) in [5.41, 5.74) is -1.72. The zero-order valence-electron chi connectivity index (χ0n) is 16.5. The zero-order chi connectivity index (χ0) is 21.5. The Labute approximate surface area is 175 Å². The van der Waals surface area contributed by atoms with Crippen molar-refractivity contribution in [2.45, 2.75) is 81.3 Å². The van der Waals surface area contributed by atoms with Gasteiger partial charge in [0.25, 0.3) is 0 Å². The number of nitriles is 1. The molecular weight excluding hydrogens is 418 g/mol. The van der Waals surface area contributed by atoms with Gasteiger partial charge < -0.3 is 9.64 Å². The molecule has 0 radical (unpaired) electrons. The van der Waals surface area contributed by atoms with Crippen LogP contribution in [-0.2, 0) is 14.3 Å². The van der Waals surface area contributed by atoms with Gasteiger partial charge in [-0.1, -0.05) is 9.39 Å². The van der Waals surface area contributed by atoms with Crippen LogP contribution in [0.2, 0.25) is 0 Å². The smallest absolute Gasteiger partial charge is 0.452 e. The maximum atomic E-state index is 13.6. The monoisotopic (exact) mass is 443 g/mol. The minimum absolute atomic E-state index is 0.105. The fraction of sp³-hybridized carbons (Fsp3) is 0.850. The first-order valence-electron chi connectivity index (χ1n) is 10.6. The number of nitrogens with one attached hydrogen (secondary N) is 1. The molecule has 5 saturated carbocycles. The number of esters is 1. The predicted octanol–water partition coefficient (Wildman–Crippen LogP) is 2.69. The van der Waals surface area contributed by atoms with Crippen LogP contribution < -0.4 is 5.09 Å². The Morgan fingerprint density at radius 3 is 2.40 bits per heavy atom. The molecule has 0 aromatic heterocycles. The van der Waals surface area contributed by atoms with E-state index in [0.29, 0.717) is 25.2 Å². The maximum absolute atomic E-state index is 13.6. The third-order valence-electron chi connectivity index (χ3n) is 8.13. The van der Waals surface area contributed by atoms with Crippen LogP contribution in [0.3, 0.4) is 0 Å². The van der Waals surface area contributed by atoms with Crippen LogP contribution in [0.5, 0.6) is 0 Å². The Morgan fingerprint density at radius 1 is 1.17 bits per heavy atom. The number of piperidine rings is 1. The number of ether oxygens (including phenoxy) is 1. The van der Waals surface area contributed by atoms with E-state index in [1.54, 1.807) is 4.90 Å². The van der Waals surface area contributed by atoms with E-state index in [1.165, 1.54) is 0 Å². The average molecular weight is 443 g/mol. The molecule has 5 aliphatic carbocycles. The fourth-order valence-corrected chi connectivity index (χ4v) is 8.00. The van der Waals surface area contributed by atoms with Crippen molar-refractivity contribution in [1.29, 1.82) is 5.26 Å². The molecule has 10 heteroatoms. The molecule has 0 aromatic carbocycles. The number of alkyl halides is 3. The van der Waals surface area contributed by atoms with Crippen LogP contribution in [-0.4, -0.2) is 46.7 Å². The molecule has 6 fully saturated rings. The first-order chi connectivity index (χ1) is 14.1. The summed E-state index contributed by atoms with van der Waals surface area (Å²) in [4.78, 5) is 27.0. The predicted molar refractivity (Wildman–Crippen MR) is 101 cm³/mol. The summed E-state index contributed by atoms with van der Waals surface area (Å²) in [7, 11) is 2.40. The van der Waals surface area contributed by atoms with Gasteiger partial charge in [0.2, 0.25) is 5.91 Å². The molecule has 1 heterocycles. The third-order valence-corrected chi connectivity index (χ3v) is 8.46. The van der Waals surface area contributed by atoms with Gasteiger partial charge in [0.05, 0.1) is 12.1 Å². The summed E-state index contributed by atoms with van der Waals surface area (Å²) < 4.78 is 43.9. The molecule has 164 valence electrons. The van der Waals surface area contributed by atoms with Gasteiger partial charge in [0, 0.05) is 6.04 Å². The van der Waals surface area contributed by atoms with Crippen molar-refractivity contribution in [3.05, 3.63) is 0 Å². The lowest BCUT2D eigenvalue weighted by Crippen LogP contribution is -2.65. The molecule has 1 saturated heterocycles. The van der Waals surface area contributed by atoms with Crippen molar-refractivity contribution >= 4 is 21.3 Å². The van der Waals surface area contributed by atoms with E-state index >= 15 is 0 Å². The van der Waals surface area contributed by atoms with Crippen molar-refractivity contribution in [3.63, 3.8) is 0 Å². The Hall–Kier alpha value is -1.39. The lowest BCUT2D eigenvalue weighted by molar-refractivity contribution is -0.240. The third kappa shape index (κ3) is 3.05. The molecule has 30 heavy (non-hydrogen) atoms. The van der Waals surface area contributed by atoms with Gasteiger partial charge in [-0.25, -0.2) is 4.79 Å². The number of rotatable bonds is 4. The van der Waals surface area contributed by atoms with Gasteiger partial charge in [-0.3, -0.25) is 9.88 Å². The van der Waals surface area contributed by atoms with E-state index in [2.05, 4.69) is 20.5 Å². The van der Waals surface area contributed by atoms with E-state index in [9.17, 15) is 28.0 Å². The summed E-state index contributed by atoms with van der Waals surface area (Å²) in [5.74, 6) is -1.61. The number of fused-ring (bicyclic) bond motifs is 1. The second-order valence-electron chi connectivity index (χ2n) is 10.2. The van der Waals surface area contributed by atoms with Gasteiger partial charge in [0.15, 0.2) is 0 Å². The summed E-state index contributed by atoms with van der Waals surface area (Å²) >= 11 is 0. The van der Waals surface area contributed by atoms with E-state index in [0.717, 1.165) is 25.7 Å². The Kier molecular flexibility index (Phi) is 4.48. The second-order valence-corrected chi connectivity index (χ2v) is 10.5. The number of nitrogens with zero attached hydrogens (tertiary/aromatic N) is 2. The standard InChI is InChI=1S/C20H25F3N3O3P/c21-20(22,23)17(28)29-19-6-10-1-11(7-19)5-18(4-10,9-19)15(25-30)16(27)26-13(8-24)2-12-3-14(12)26/h10-15,25H,1-7,9,30H2. The largest absolute Gasteiger partial charge is 0.490 e. The fourth-order valence-electron chi connectivity index (χ4n) is 7.51. The molecule has 7 atom stereocenters. The lowest BCUT2D eigenvalue weighted by Gasteiger charge is -2.63. The van der Waals surface area contributed by atoms with Crippen molar-refractivity contribution in [2.75, 3.05) is 0 Å². The molecular formula is C20H25F3N3O3P.